The van der Waals surface area contributed by atoms with Crippen LogP contribution in [0.4, 0.5) is 5.82 Å². The van der Waals surface area contributed by atoms with Crippen molar-refractivity contribution in [1.29, 1.82) is 0 Å². The van der Waals surface area contributed by atoms with Crippen molar-refractivity contribution in [2.75, 3.05) is 26.3 Å². The minimum atomic E-state index is 0.297. The number of pyridine rings is 1. The summed E-state index contributed by atoms with van der Waals surface area (Å²) in [4.78, 5) is 11.1. The molecule has 0 radical (unpaired) electrons. The number of fused-ring (bicyclic) bond motifs is 1. The summed E-state index contributed by atoms with van der Waals surface area (Å²) < 4.78 is 5.37. The molecule has 1 aromatic heterocycles. The molecule has 0 spiro atoms. The van der Waals surface area contributed by atoms with Gasteiger partial charge in [-0.15, -0.1) is 0 Å². The average Bonchev–Trinajstić information content (AvgIpc) is 2.73. The molecule has 3 rings (SSSR count). The Bertz CT molecular complexity index is 424. The number of ether oxygens (including phenoxy) is 1. The largest absolute Gasteiger partial charge is 0.379 e. The normalized spacial score (nSPS) is 24.7. The minimum Gasteiger partial charge on any atom is -0.379 e. The number of aromatic nitrogens is 1. The molecule has 0 N–H and O–H groups in total. The first-order chi connectivity index (χ1) is 7.84. The van der Waals surface area contributed by atoms with Gasteiger partial charge in [-0.3, -0.25) is 4.90 Å². The van der Waals surface area contributed by atoms with Crippen LogP contribution < -0.4 is 0 Å². The maximum absolute atomic E-state index is 5.37. The van der Waals surface area contributed by atoms with Gasteiger partial charge in [-0.25, -0.2) is 9.98 Å². The summed E-state index contributed by atoms with van der Waals surface area (Å²) in [5, 5.41) is 0. The lowest BCUT2D eigenvalue weighted by Gasteiger charge is -2.31. The second kappa shape index (κ2) is 3.96. The number of morpholine rings is 1. The molecule has 3 heterocycles. The van der Waals surface area contributed by atoms with Crippen molar-refractivity contribution in [3.05, 3.63) is 23.4 Å². The van der Waals surface area contributed by atoms with Gasteiger partial charge in [0.1, 0.15) is 0 Å². The van der Waals surface area contributed by atoms with Crippen LogP contribution in [0.5, 0.6) is 0 Å². The number of hydrogen-bond donors (Lipinski definition) is 0. The fourth-order valence-corrected chi connectivity index (χ4v) is 2.28. The minimum absolute atomic E-state index is 0.297. The van der Waals surface area contributed by atoms with Gasteiger partial charge in [0.2, 0.25) is 0 Å². The molecule has 2 aliphatic rings. The molecule has 1 fully saturated rings. The molecule has 2 aliphatic heterocycles. The Morgan fingerprint density at radius 2 is 2.19 bits per heavy atom. The molecule has 4 nitrogen and oxygen atoms in total. The zero-order chi connectivity index (χ0) is 11.0. The second-order valence-corrected chi connectivity index (χ2v) is 4.30. The predicted octanol–water partition coefficient (Wildman–Crippen LogP) is 1.48. The SMILES string of the molecule is Cc1cnc2c(c1)C(N1CCOCC1)C=N2. The van der Waals surface area contributed by atoms with Gasteiger partial charge in [0.25, 0.3) is 0 Å². The van der Waals surface area contributed by atoms with Crippen LogP contribution >= 0.6 is 0 Å². The van der Waals surface area contributed by atoms with E-state index in [-0.39, 0.29) is 0 Å². The lowest BCUT2D eigenvalue weighted by molar-refractivity contribution is 0.0299. The molecule has 1 aromatic rings. The van der Waals surface area contributed by atoms with Gasteiger partial charge in [0.15, 0.2) is 5.82 Å². The smallest absolute Gasteiger partial charge is 0.156 e. The lowest BCUT2D eigenvalue weighted by Crippen LogP contribution is -2.39. The zero-order valence-corrected chi connectivity index (χ0v) is 9.39. The monoisotopic (exact) mass is 217 g/mol. The number of nitrogens with zero attached hydrogens (tertiary/aromatic N) is 3. The van der Waals surface area contributed by atoms with Gasteiger partial charge in [-0.1, -0.05) is 0 Å². The topological polar surface area (TPSA) is 37.7 Å². The fraction of sp³-hybridized carbons (Fsp3) is 0.500. The van der Waals surface area contributed by atoms with E-state index in [0.717, 1.165) is 32.1 Å². The van der Waals surface area contributed by atoms with Crippen molar-refractivity contribution in [2.24, 2.45) is 4.99 Å². The number of rotatable bonds is 1. The Hall–Kier alpha value is -1.26. The fourth-order valence-electron chi connectivity index (χ4n) is 2.28. The van der Waals surface area contributed by atoms with E-state index in [1.807, 2.05) is 12.4 Å². The van der Waals surface area contributed by atoms with Crippen LogP contribution in [0.15, 0.2) is 17.3 Å². The van der Waals surface area contributed by atoms with E-state index < -0.39 is 0 Å². The zero-order valence-electron chi connectivity index (χ0n) is 9.39. The van der Waals surface area contributed by atoms with Crippen LogP contribution in [0.25, 0.3) is 0 Å². The van der Waals surface area contributed by atoms with Crippen molar-refractivity contribution in [3.8, 4) is 0 Å². The molecule has 0 aromatic carbocycles. The average molecular weight is 217 g/mol. The van der Waals surface area contributed by atoms with Crippen LogP contribution in [0.2, 0.25) is 0 Å². The summed E-state index contributed by atoms with van der Waals surface area (Å²) in [7, 11) is 0. The van der Waals surface area contributed by atoms with E-state index in [2.05, 4.69) is 27.9 Å². The van der Waals surface area contributed by atoms with Gasteiger partial charge in [-0.2, -0.15) is 0 Å². The maximum Gasteiger partial charge on any atom is 0.156 e. The molecule has 0 bridgehead atoms. The van der Waals surface area contributed by atoms with E-state index in [1.54, 1.807) is 0 Å². The Kier molecular flexibility index (Phi) is 2.46. The van der Waals surface area contributed by atoms with Crippen molar-refractivity contribution in [2.45, 2.75) is 13.0 Å². The molecule has 1 atom stereocenters. The Morgan fingerprint density at radius 3 is 3.00 bits per heavy atom. The highest BCUT2D eigenvalue weighted by Crippen LogP contribution is 2.33. The maximum atomic E-state index is 5.37. The third-order valence-electron chi connectivity index (χ3n) is 3.13. The third kappa shape index (κ3) is 1.64. The third-order valence-corrected chi connectivity index (χ3v) is 3.13. The predicted molar refractivity (Wildman–Crippen MR) is 62.3 cm³/mol. The summed E-state index contributed by atoms with van der Waals surface area (Å²) in [5.41, 5.74) is 2.43. The van der Waals surface area contributed by atoms with Gasteiger partial charge in [-0.05, 0) is 18.6 Å². The summed E-state index contributed by atoms with van der Waals surface area (Å²) >= 11 is 0. The van der Waals surface area contributed by atoms with Crippen LogP contribution in [-0.2, 0) is 4.74 Å². The highest BCUT2D eigenvalue weighted by atomic mass is 16.5. The molecule has 0 amide bonds. The first kappa shape index (κ1) is 9.93. The van der Waals surface area contributed by atoms with E-state index in [9.17, 15) is 0 Å². The first-order valence-corrected chi connectivity index (χ1v) is 5.67. The summed E-state index contributed by atoms with van der Waals surface area (Å²) in [5.74, 6) is 0.877. The van der Waals surface area contributed by atoms with Crippen molar-refractivity contribution >= 4 is 12.0 Å². The summed E-state index contributed by atoms with van der Waals surface area (Å²) in [6.07, 6.45) is 3.88. The van der Waals surface area contributed by atoms with Crippen LogP contribution in [0, 0.1) is 6.92 Å². The molecule has 4 heteroatoms. The summed E-state index contributed by atoms with van der Waals surface area (Å²) in [6.45, 7) is 5.66. The van der Waals surface area contributed by atoms with Gasteiger partial charge >= 0.3 is 0 Å². The summed E-state index contributed by atoms with van der Waals surface area (Å²) in [6, 6.07) is 2.49. The highest BCUT2D eigenvalue weighted by molar-refractivity contribution is 5.78. The van der Waals surface area contributed by atoms with Gasteiger partial charge < -0.3 is 4.74 Å². The van der Waals surface area contributed by atoms with Crippen molar-refractivity contribution in [3.63, 3.8) is 0 Å². The van der Waals surface area contributed by atoms with E-state index >= 15 is 0 Å². The Morgan fingerprint density at radius 1 is 1.38 bits per heavy atom. The second-order valence-electron chi connectivity index (χ2n) is 4.30. The van der Waals surface area contributed by atoms with E-state index in [1.165, 1.54) is 11.1 Å². The Balaban J connectivity index is 1.89. The lowest BCUT2D eigenvalue weighted by atomic mass is 10.1. The molecule has 1 saturated heterocycles. The molecule has 16 heavy (non-hydrogen) atoms. The van der Waals surface area contributed by atoms with E-state index in [4.69, 9.17) is 4.74 Å². The molecule has 0 saturated carbocycles. The molecular weight excluding hydrogens is 202 g/mol. The van der Waals surface area contributed by atoms with Crippen molar-refractivity contribution < 1.29 is 4.74 Å². The van der Waals surface area contributed by atoms with Crippen LogP contribution in [0.3, 0.4) is 0 Å². The van der Waals surface area contributed by atoms with E-state index in [0.29, 0.717) is 6.04 Å². The molecule has 84 valence electrons. The van der Waals surface area contributed by atoms with Gasteiger partial charge in [0, 0.05) is 31.1 Å². The highest BCUT2D eigenvalue weighted by Gasteiger charge is 2.27. The molecule has 1 unspecified atom stereocenters. The van der Waals surface area contributed by atoms with Gasteiger partial charge in [0.05, 0.1) is 19.3 Å². The number of aryl methyl sites for hydroxylation is 1. The number of hydrogen-bond acceptors (Lipinski definition) is 4. The molecular formula is C12H15N3O. The van der Waals surface area contributed by atoms with Crippen LogP contribution in [0.1, 0.15) is 17.2 Å². The number of aliphatic imine (C=N–C) groups is 1. The van der Waals surface area contributed by atoms with Crippen molar-refractivity contribution in [1.82, 2.24) is 9.88 Å². The quantitative estimate of drug-likeness (QED) is 0.715. The standard InChI is InChI=1S/C12H15N3O/c1-9-6-10-11(8-14-12(10)13-7-9)15-2-4-16-5-3-15/h6-8,11H,2-5H2,1H3. The first-order valence-electron chi connectivity index (χ1n) is 5.67. The Labute approximate surface area is 95.0 Å². The van der Waals surface area contributed by atoms with Crippen LogP contribution in [-0.4, -0.2) is 42.4 Å². The molecule has 0 aliphatic carbocycles.